The summed E-state index contributed by atoms with van der Waals surface area (Å²) >= 11 is 0. The SMILES string of the molecule is c1ccc(Nc2ncnc(-c3ccccc3CN3CCOCC3)n2)cc1. The zero-order valence-corrected chi connectivity index (χ0v) is 14.5. The van der Waals surface area contributed by atoms with Crippen molar-refractivity contribution in [3.8, 4) is 11.4 Å². The van der Waals surface area contributed by atoms with Crippen molar-refractivity contribution in [3.63, 3.8) is 0 Å². The Hall–Kier alpha value is -2.83. The van der Waals surface area contributed by atoms with Crippen LogP contribution in [0.2, 0.25) is 0 Å². The van der Waals surface area contributed by atoms with E-state index in [1.807, 2.05) is 36.4 Å². The monoisotopic (exact) mass is 347 g/mol. The van der Waals surface area contributed by atoms with Crippen molar-refractivity contribution in [2.45, 2.75) is 6.54 Å². The normalized spacial score (nSPS) is 14.9. The van der Waals surface area contributed by atoms with Crippen molar-refractivity contribution >= 4 is 11.6 Å². The van der Waals surface area contributed by atoms with Crippen LogP contribution in [0.25, 0.3) is 11.4 Å². The van der Waals surface area contributed by atoms with Crippen LogP contribution >= 0.6 is 0 Å². The number of nitrogens with one attached hydrogen (secondary N) is 1. The molecule has 3 aromatic rings. The van der Waals surface area contributed by atoms with Crippen LogP contribution in [-0.2, 0) is 11.3 Å². The van der Waals surface area contributed by atoms with Gasteiger partial charge in [0.25, 0.3) is 0 Å². The molecule has 6 heteroatoms. The topological polar surface area (TPSA) is 63.2 Å². The van der Waals surface area contributed by atoms with E-state index >= 15 is 0 Å². The lowest BCUT2D eigenvalue weighted by atomic mass is 10.1. The molecule has 1 aromatic heterocycles. The van der Waals surface area contributed by atoms with E-state index in [0.29, 0.717) is 11.8 Å². The number of hydrogen-bond donors (Lipinski definition) is 1. The lowest BCUT2D eigenvalue weighted by molar-refractivity contribution is 0.0342. The molecule has 0 saturated carbocycles. The Bertz CT molecular complexity index is 850. The van der Waals surface area contributed by atoms with Gasteiger partial charge in [-0.2, -0.15) is 4.98 Å². The maximum atomic E-state index is 5.44. The molecule has 0 bridgehead atoms. The molecule has 1 aliphatic rings. The van der Waals surface area contributed by atoms with E-state index in [0.717, 1.165) is 44.1 Å². The molecular weight excluding hydrogens is 326 g/mol. The third kappa shape index (κ3) is 4.04. The van der Waals surface area contributed by atoms with Crippen molar-refractivity contribution in [3.05, 3.63) is 66.5 Å². The summed E-state index contributed by atoms with van der Waals surface area (Å²) in [4.78, 5) is 15.7. The van der Waals surface area contributed by atoms with Crippen LogP contribution in [0.5, 0.6) is 0 Å². The lowest BCUT2D eigenvalue weighted by Gasteiger charge is -2.27. The predicted molar refractivity (Wildman–Crippen MR) is 101 cm³/mol. The predicted octanol–water partition coefficient (Wildman–Crippen LogP) is 3.11. The molecular formula is C20H21N5O. The summed E-state index contributed by atoms with van der Waals surface area (Å²) in [7, 11) is 0. The molecule has 4 rings (SSSR count). The highest BCUT2D eigenvalue weighted by molar-refractivity contribution is 5.62. The van der Waals surface area contributed by atoms with Crippen molar-refractivity contribution in [1.29, 1.82) is 0 Å². The first kappa shape index (κ1) is 16.6. The minimum Gasteiger partial charge on any atom is -0.379 e. The zero-order chi connectivity index (χ0) is 17.6. The van der Waals surface area contributed by atoms with Crippen LogP contribution < -0.4 is 5.32 Å². The number of benzene rings is 2. The molecule has 0 radical (unpaired) electrons. The minimum atomic E-state index is 0.544. The van der Waals surface area contributed by atoms with Gasteiger partial charge in [-0.3, -0.25) is 4.90 Å². The Morgan fingerprint density at radius 2 is 1.69 bits per heavy atom. The molecule has 1 fully saturated rings. The standard InChI is InChI=1S/C20H21N5O/c1-2-7-17(8-3-1)23-20-22-15-21-19(24-20)18-9-5-4-6-16(18)14-25-10-12-26-13-11-25/h1-9,15H,10-14H2,(H,21,22,23,24). The van der Waals surface area contributed by atoms with Gasteiger partial charge in [0.2, 0.25) is 5.95 Å². The molecule has 0 unspecified atom stereocenters. The second kappa shape index (κ2) is 8.03. The molecule has 0 spiro atoms. The number of ether oxygens (including phenoxy) is 1. The van der Waals surface area contributed by atoms with Crippen LogP contribution in [0.3, 0.4) is 0 Å². The highest BCUT2D eigenvalue weighted by Gasteiger charge is 2.15. The second-order valence-electron chi connectivity index (χ2n) is 6.17. The van der Waals surface area contributed by atoms with Gasteiger partial charge in [-0.1, -0.05) is 42.5 Å². The maximum Gasteiger partial charge on any atom is 0.230 e. The Balaban J connectivity index is 1.58. The molecule has 6 nitrogen and oxygen atoms in total. The third-order valence-electron chi connectivity index (χ3n) is 4.36. The molecule has 2 heterocycles. The van der Waals surface area contributed by atoms with Crippen molar-refractivity contribution in [2.75, 3.05) is 31.6 Å². The first-order chi connectivity index (χ1) is 12.9. The van der Waals surface area contributed by atoms with Crippen LogP contribution in [0.4, 0.5) is 11.6 Å². The Morgan fingerprint density at radius 3 is 2.54 bits per heavy atom. The van der Waals surface area contributed by atoms with Gasteiger partial charge in [0, 0.05) is 30.9 Å². The van der Waals surface area contributed by atoms with E-state index in [4.69, 9.17) is 4.74 Å². The largest absolute Gasteiger partial charge is 0.379 e. The Morgan fingerprint density at radius 1 is 0.923 bits per heavy atom. The molecule has 132 valence electrons. The van der Waals surface area contributed by atoms with Crippen LogP contribution in [0, 0.1) is 0 Å². The first-order valence-electron chi connectivity index (χ1n) is 8.78. The molecule has 1 saturated heterocycles. The quantitative estimate of drug-likeness (QED) is 0.765. The van der Waals surface area contributed by atoms with E-state index in [1.165, 1.54) is 5.56 Å². The summed E-state index contributed by atoms with van der Waals surface area (Å²) in [6, 6.07) is 18.2. The third-order valence-corrected chi connectivity index (χ3v) is 4.36. The van der Waals surface area contributed by atoms with Gasteiger partial charge in [0.1, 0.15) is 6.33 Å². The molecule has 0 atom stereocenters. The summed E-state index contributed by atoms with van der Waals surface area (Å²) in [5, 5.41) is 3.23. The maximum absolute atomic E-state index is 5.44. The van der Waals surface area contributed by atoms with Gasteiger partial charge in [0.05, 0.1) is 13.2 Å². The number of morpholine rings is 1. The van der Waals surface area contributed by atoms with Crippen molar-refractivity contribution in [1.82, 2.24) is 19.9 Å². The first-order valence-corrected chi connectivity index (χ1v) is 8.78. The second-order valence-corrected chi connectivity index (χ2v) is 6.17. The smallest absolute Gasteiger partial charge is 0.230 e. The Labute approximate surface area is 152 Å². The van der Waals surface area contributed by atoms with Crippen molar-refractivity contribution in [2.24, 2.45) is 0 Å². The summed E-state index contributed by atoms with van der Waals surface area (Å²) < 4.78 is 5.44. The van der Waals surface area contributed by atoms with Crippen molar-refractivity contribution < 1.29 is 4.74 Å². The van der Waals surface area contributed by atoms with Gasteiger partial charge in [-0.25, -0.2) is 9.97 Å². The van der Waals surface area contributed by atoms with E-state index in [-0.39, 0.29) is 0 Å². The molecule has 1 aliphatic heterocycles. The van der Waals surface area contributed by atoms with Crippen LogP contribution in [0.15, 0.2) is 60.9 Å². The zero-order valence-electron chi connectivity index (χ0n) is 14.5. The summed E-state index contributed by atoms with van der Waals surface area (Å²) in [6.07, 6.45) is 1.55. The number of rotatable bonds is 5. The van der Waals surface area contributed by atoms with Gasteiger partial charge >= 0.3 is 0 Å². The number of nitrogens with zero attached hydrogens (tertiary/aromatic N) is 4. The van der Waals surface area contributed by atoms with Crippen LogP contribution in [-0.4, -0.2) is 46.2 Å². The van der Waals surface area contributed by atoms with E-state index in [1.54, 1.807) is 6.33 Å². The highest BCUT2D eigenvalue weighted by Crippen LogP contribution is 2.23. The molecule has 26 heavy (non-hydrogen) atoms. The number of anilines is 2. The highest BCUT2D eigenvalue weighted by atomic mass is 16.5. The summed E-state index contributed by atoms with van der Waals surface area (Å²) in [5.74, 6) is 1.23. The number of para-hydroxylation sites is 1. The molecule has 0 aliphatic carbocycles. The fourth-order valence-corrected chi connectivity index (χ4v) is 3.01. The average Bonchev–Trinajstić information content (AvgIpc) is 2.70. The number of hydrogen-bond acceptors (Lipinski definition) is 6. The van der Waals surface area contributed by atoms with E-state index in [9.17, 15) is 0 Å². The lowest BCUT2D eigenvalue weighted by Crippen LogP contribution is -2.35. The molecule has 2 aromatic carbocycles. The van der Waals surface area contributed by atoms with Gasteiger partial charge < -0.3 is 10.1 Å². The fourth-order valence-electron chi connectivity index (χ4n) is 3.01. The minimum absolute atomic E-state index is 0.544. The van der Waals surface area contributed by atoms with Crippen LogP contribution in [0.1, 0.15) is 5.56 Å². The summed E-state index contributed by atoms with van der Waals surface area (Å²) in [5.41, 5.74) is 3.20. The number of aromatic nitrogens is 3. The summed E-state index contributed by atoms with van der Waals surface area (Å²) in [6.45, 7) is 4.35. The van der Waals surface area contributed by atoms with E-state index < -0.39 is 0 Å². The van der Waals surface area contributed by atoms with E-state index in [2.05, 4.69) is 43.4 Å². The van der Waals surface area contributed by atoms with Gasteiger partial charge in [0.15, 0.2) is 5.82 Å². The molecule has 0 amide bonds. The average molecular weight is 347 g/mol. The Kier molecular flexibility index (Phi) is 5.14. The fraction of sp³-hybridized carbons (Fsp3) is 0.250. The van der Waals surface area contributed by atoms with Gasteiger partial charge in [-0.15, -0.1) is 0 Å². The van der Waals surface area contributed by atoms with Gasteiger partial charge in [-0.05, 0) is 17.7 Å². The molecule has 1 N–H and O–H groups in total.